The van der Waals surface area contributed by atoms with Gasteiger partial charge in [0.05, 0.1) is 28.6 Å². The maximum atomic E-state index is 13.9. The molecule has 1 amide bonds. The molecule has 0 unspecified atom stereocenters. The van der Waals surface area contributed by atoms with E-state index >= 15 is 0 Å². The Labute approximate surface area is 271 Å². The van der Waals surface area contributed by atoms with Crippen molar-refractivity contribution in [2.45, 2.75) is 40.5 Å². The number of hydrogen-bond donors (Lipinski definition) is 1. The zero-order chi connectivity index (χ0) is 33.7. The maximum absolute atomic E-state index is 13.9. The number of carbonyl (C=O) groups is 1. The molecule has 0 radical (unpaired) electrons. The minimum Gasteiger partial charge on any atom is -0.494 e. The van der Waals surface area contributed by atoms with Gasteiger partial charge in [-0.05, 0) is 80.3 Å². The van der Waals surface area contributed by atoms with Crippen LogP contribution in [0.5, 0.6) is 11.5 Å². The van der Waals surface area contributed by atoms with Crippen molar-refractivity contribution < 1.29 is 19.2 Å². The van der Waals surface area contributed by atoms with Crippen molar-refractivity contribution >= 4 is 34.4 Å². The van der Waals surface area contributed by atoms with Crippen LogP contribution in [-0.2, 0) is 4.79 Å². The number of amides is 1. The largest absolute Gasteiger partial charge is 0.494 e. The van der Waals surface area contributed by atoms with Crippen molar-refractivity contribution in [2.24, 2.45) is 5.10 Å². The Balaban J connectivity index is 1.59. The van der Waals surface area contributed by atoms with Crippen LogP contribution in [0.25, 0.3) is 22.3 Å². The van der Waals surface area contributed by atoms with Gasteiger partial charge in [0, 0.05) is 22.9 Å². The van der Waals surface area contributed by atoms with E-state index < -0.39 is 23.0 Å². The molecule has 0 spiro atoms. The zero-order valence-electron chi connectivity index (χ0n) is 26.8. The average Bonchev–Trinajstić information content (AvgIpc) is 3.04. The van der Waals surface area contributed by atoms with Gasteiger partial charge in [0.15, 0.2) is 12.4 Å². The molecule has 0 fully saturated rings. The predicted octanol–water partition coefficient (Wildman–Crippen LogP) is 7.01. The number of aromatic nitrogens is 2. The number of ether oxygens (including phenoxy) is 2. The second-order valence-corrected chi connectivity index (χ2v) is 11.3. The molecular formula is C36H35N5O6. The first kappa shape index (κ1) is 32.6. The second-order valence-electron chi connectivity index (χ2n) is 11.3. The molecule has 240 valence electrons. The Morgan fingerprint density at radius 1 is 1.04 bits per heavy atom. The predicted molar refractivity (Wildman–Crippen MR) is 183 cm³/mol. The molecule has 1 N–H and O–H groups in total. The third-order valence-electron chi connectivity index (χ3n) is 7.49. The van der Waals surface area contributed by atoms with Gasteiger partial charge in [-0.15, -0.1) is 0 Å². The van der Waals surface area contributed by atoms with Crippen molar-refractivity contribution in [3.05, 3.63) is 122 Å². The SMILES string of the molecule is CCOc1cc(C)c(-c2nc3ccccc3c(=O)n2N=Cc2cccc([N+](=O)[O-])c2OCC(=O)Nc2ccc(C)cc2)cc1C(C)C. The first-order valence-electron chi connectivity index (χ1n) is 15.2. The van der Waals surface area contributed by atoms with Crippen LogP contribution in [0.15, 0.2) is 88.8 Å². The quantitative estimate of drug-likeness (QED) is 0.0938. The molecule has 0 bridgehead atoms. The number of carbonyl (C=O) groups excluding carboxylic acids is 1. The number of nitrogens with zero attached hydrogens (tertiary/aromatic N) is 4. The summed E-state index contributed by atoms with van der Waals surface area (Å²) in [6, 6.07) is 22.4. The normalized spacial score (nSPS) is 11.3. The summed E-state index contributed by atoms with van der Waals surface area (Å²) in [5, 5.41) is 19.5. The van der Waals surface area contributed by atoms with Gasteiger partial charge in [0.25, 0.3) is 11.5 Å². The van der Waals surface area contributed by atoms with Gasteiger partial charge in [0.1, 0.15) is 5.75 Å². The van der Waals surface area contributed by atoms with Crippen LogP contribution in [0, 0.1) is 24.0 Å². The molecule has 1 heterocycles. The number of benzene rings is 4. The first-order chi connectivity index (χ1) is 22.6. The summed E-state index contributed by atoms with van der Waals surface area (Å²) in [5.74, 6) is 0.499. The Hall–Kier alpha value is -5.84. The standard InChI is InChI=1S/C36H35N5O6/c1-6-46-32-18-24(5)29(19-28(32)22(2)3)35-39-30-12-8-7-11-27(30)36(43)40(35)37-20-25-10-9-13-31(41(44)45)34(25)47-21-33(42)38-26-16-14-23(4)15-17-26/h7-20,22H,6,21H2,1-5H3,(H,38,42). The summed E-state index contributed by atoms with van der Waals surface area (Å²) in [5.41, 5.74) is 3.96. The lowest BCUT2D eigenvalue weighted by molar-refractivity contribution is -0.385. The van der Waals surface area contributed by atoms with Crippen LogP contribution in [0.4, 0.5) is 11.4 Å². The molecule has 5 aromatic rings. The fourth-order valence-corrected chi connectivity index (χ4v) is 5.11. The maximum Gasteiger partial charge on any atom is 0.311 e. The summed E-state index contributed by atoms with van der Waals surface area (Å²) in [6.45, 7) is 9.88. The van der Waals surface area contributed by atoms with Gasteiger partial charge in [0.2, 0.25) is 5.75 Å². The molecule has 11 nitrogen and oxygen atoms in total. The minimum atomic E-state index is -0.601. The highest BCUT2D eigenvalue weighted by molar-refractivity contribution is 5.92. The van der Waals surface area contributed by atoms with Crippen LogP contribution < -0.4 is 20.3 Å². The number of anilines is 1. The molecule has 11 heteroatoms. The summed E-state index contributed by atoms with van der Waals surface area (Å²) in [6.07, 6.45) is 1.30. The Bertz CT molecular complexity index is 2050. The van der Waals surface area contributed by atoms with Crippen LogP contribution in [0.1, 0.15) is 48.9 Å². The summed E-state index contributed by atoms with van der Waals surface area (Å²) < 4.78 is 12.8. The van der Waals surface area contributed by atoms with E-state index in [0.29, 0.717) is 28.8 Å². The van der Waals surface area contributed by atoms with E-state index in [4.69, 9.17) is 14.5 Å². The lowest BCUT2D eigenvalue weighted by atomic mass is 9.96. The van der Waals surface area contributed by atoms with Gasteiger partial charge in [-0.1, -0.05) is 49.7 Å². The highest BCUT2D eigenvalue weighted by Crippen LogP contribution is 2.35. The number of nitro benzene ring substituents is 1. The van der Waals surface area contributed by atoms with Gasteiger partial charge < -0.3 is 14.8 Å². The average molecular weight is 634 g/mol. The van der Waals surface area contributed by atoms with Gasteiger partial charge in [-0.25, -0.2) is 4.98 Å². The van der Waals surface area contributed by atoms with E-state index in [2.05, 4.69) is 24.3 Å². The third-order valence-corrected chi connectivity index (χ3v) is 7.49. The smallest absolute Gasteiger partial charge is 0.311 e. The lowest BCUT2D eigenvalue weighted by Gasteiger charge is -2.18. The van der Waals surface area contributed by atoms with Crippen LogP contribution in [-0.4, -0.2) is 39.9 Å². The molecule has 0 aliphatic carbocycles. The second kappa shape index (κ2) is 14.1. The van der Waals surface area contributed by atoms with E-state index in [1.54, 1.807) is 42.5 Å². The Morgan fingerprint density at radius 3 is 2.49 bits per heavy atom. The van der Waals surface area contributed by atoms with E-state index in [9.17, 15) is 19.7 Å². The first-order valence-corrected chi connectivity index (χ1v) is 15.2. The summed E-state index contributed by atoms with van der Waals surface area (Å²) >= 11 is 0. The summed E-state index contributed by atoms with van der Waals surface area (Å²) in [7, 11) is 0. The molecular weight excluding hydrogens is 598 g/mol. The molecule has 1 aromatic heterocycles. The molecule has 4 aromatic carbocycles. The van der Waals surface area contributed by atoms with Crippen LogP contribution in [0.2, 0.25) is 0 Å². The van der Waals surface area contributed by atoms with Gasteiger partial charge >= 0.3 is 5.69 Å². The van der Waals surface area contributed by atoms with Crippen molar-refractivity contribution in [1.82, 2.24) is 9.66 Å². The number of fused-ring (bicyclic) bond motifs is 1. The van der Waals surface area contributed by atoms with E-state index in [-0.39, 0.29) is 28.7 Å². The number of nitrogens with one attached hydrogen (secondary N) is 1. The van der Waals surface area contributed by atoms with Crippen molar-refractivity contribution in [1.29, 1.82) is 0 Å². The van der Waals surface area contributed by atoms with Gasteiger partial charge in [-0.3, -0.25) is 19.7 Å². The Morgan fingerprint density at radius 2 is 1.79 bits per heavy atom. The van der Waals surface area contributed by atoms with Crippen LogP contribution >= 0.6 is 0 Å². The zero-order valence-corrected chi connectivity index (χ0v) is 26.8. The van der Waals surface area contributed by atoms with Crippen molar-refractivity contribution in [3.63, 3.8) is 0 Å². The topological polar surface area (TPSA) is 138 Å². The van der Waals surface area contributed by atoms with Crippen molar-refractivity contribution in [3.8, 4) is 22.9 Å². The number of para-hydroxylation sites is 2. The monoisotopic (exact) mass is 633 g/mol. The third kappa shape index (κ3) is 7.19. The number of rotatable bonds is 11. The molecule has 0 saturated carbocycles. The lowest BCUT2D eigenvalue weighted by Crippen LogP contribution is -2.21. The van der Waals surface area contributed by atoms with Crippen LogP contribution in [0.3, 0.4) is 0 Å². The van der Waals surface area contributed by atoms with E-state index in [1.165, 1.54) is 23.0 Å². The van der Waals surface area contributed by atoms with Gasteiger partial charge in [-0.2, -0.15) is 9.78 Å². The summed E-state index contributed by atoms with van der Waals surface area (Å²) in [4.78, 5) is 42.8. The van der Waals surface area contributed by atoms with E-state index in [1.807, 2.05) is 45.0 Å². The fourth-order valence-electron chi connectivity index (χ4n) is 5.11. The number of aryl methyl sites for hydroxylation is 2. The highest BCUT2D eigenvalue weighted by atomic mass is 16.6. The van der Waals surface area contributed by atoms with E-state index in [0.717, 1.165) is 22.4 Å². The molecule has 0 aliphatic heterocycles. The number of nitro groups is 1. The Kier molecular flexibility index (Phi) is 9.74. The highest BCUT2D eigenvalue weighted by Gasteiger charge is 2.21. The number of hydrogen-bond acceptors (Lipinski definition) is 8. The molecule has 47 heavy (non-hydrogen) atoms. The van der Waals surface area contributed by atoms with Crippen molar-refractivity contribution in [2.75, 3.05) is 18.5 Å². The molecule has 5 rings (SSSR count). The minimum absolute atomic E-state index is 0.118. The fraction of sp³-hybridized carbons (Fsp3) is 0.222. The molecule has 0 atom stereocenters. The molecule has 0 saturated heterocycles. The molecule has 0 aliphatic rings.